The quantitative estimate of drug-likeness (QED) is 0.611. The van der Waals surface area contributed by atoms with Crippen molar-refractivity contribution in [2.24, 2.45) is 5.41 Å². The normalized spacial score (nSPS) is 12.1. The number of likely N-dealkylation sites (N-methyl/N-ethyl adjacent to an activating group) is 1. The number of ketones is 1. The lowest BCUT2D eigenvalue weighted by atomic mass is 9.89. The summed E-state index contributed by atoms with van der Waals surface area (Å²) < 4.78 is 5.35. The molecule has 0 rings (SSSR count). The highest BCUT2D eigenvalue weighted by atomic mass is 16.5. The van der Waals surface area contributed by atoms with Crippen molar-refractivity contribution in [3.63, 3.8) is 0 Å². The number of carbonyl (C=O) groups is 1. The first-order valence-corrected chi connectivity index (χ1v) is 5.10. The van der Waals surface area contributed by atoms with Crippen LogP contribution < -0.4 is 0 Å². The predicted octanol–water partition coefficient (Wildman–Crippen LogP) is 1.57. The molecule has 0 fully saturated rings. The fourth-order valence-electron chi connectivity index (χ4n) is 0.889. The van der Waals surface area contributed by atoms with Gasteiger partial charge in [0.2, 0.25) is 0 Å². The van der Waals surface area contributed by atoms with Crippen LogP contribution in [0, 0.1) is 5.41 Å². The maximum absolute atomic E-state index is 11.5. The summed E-state index contributed by atoms with van der Waals surface area (Å²) in [6.45, 7) is 7.97. The van der Waals surface area contributed by atoms with Gasteiger partial charge in [0, 0.05) is 18.4 Å². The number of ether oxygens (including phenoxy) is 1. The molecule has 0 aliphatic carbocycles. The second kappa shape index (κ2) is 6.14. The fraction of sp³-hybridized carbons (Fsp3) is 0.909. The van der Waals surface area contributed by atoms with Crippen molar-refractivity contribution in [2.45, 2.75) is 27.2 Å². The monoisotopic (exact) mass is 201 g/mol. The molecule has 0 amide bonds. The maximum atomic E-state index is 11.5. The highest BCUT2D eigenvalue weighted by molar-refractivity contribution is 5.83. The first kappa shape index (κ1) is 13.6. The second-order valence-electron chi connectivity index (χ2n) is 4.84. The molecular formula is C11H23NO2. The smallest absolute Gasteiger partial charge is 0.140 e. The van der Waals surface area contributed by atoms with Gasteiger partial charge < -0.3 is 9.64 Å². The van der Waals surface area contributed by atoms with Gasteiger partial charge in [-0.05, 0) is 14.1 Å². The highest BCUT2D eigenvalue weighted by Gasteiger charge is 2.20. The molecule has 0 atom stereocenters. The lowest BCUT2D eigenvalue weighted by Gasteiger charge is -2.16. The third-order valence-corrected chi connectivity index (χ3v) is 1.99. The van der Waals surface area contributed by atoms with E-state index in [1.807, 2.05) is 34.9 Å². The Balaban J connectivity index is 3.42. The zero-order valence-electron chi connectivity index (χ0n) is 10.1. The molecule has 3 heteroatoms. The summed E-state index contributed by atoms with van der Waals surface area (Å²) in [4.78, 5) is 13.5. The zero-order chi connectivity index (χ0) is 11.2. The standard InChI is InChI=1S/C11H23NO2/c1-11(2,3)10(13)6-8-14-9-7-12(4)5/h6-9H2,1-5H3. The van der Waals surface area contributed by atoms with E-state index in [2.05, 4.69) is 4.90 Å². The van der Waals surface area contributed by atoms with Gasteiger partial charge in [-0.1, -0.05) is 20.8 Å². The summed E-state index contributed by atoms with van der Waals surface area (Å²) in [5, 5.41) is 0. The van der Waals surface area contributed by atoms with Gasteiger partial charge in [0.1, 0.15) is 5.78 Å². The van der Waals surface area contributed by atoms with E-state index in [1.165, 1.54) is 0 Å². The number of nitrogens with zero attached hydrogens (tertiary/aromatic N) is 1. The van der Waals surface area contributed by atoms with Crippen LogP contribution in [0.3, 0.4) is 0 Å². The molecule has 0 spiro atoms. The van der Waals surface area contributed by atoms with E-state index in [0.717, 1.165) is 6.54 Å². The molecule has 0 aromatic rings. The molecule has 0 N–H and O–H groups in total. The number of rotatable bonds is 6. The van der Waals surface area contributed by atoms with E-state index in [0.29, 0.717) is 19.6 Å². The lowest BCUT2D eigenvalue weighted by molar-refractivity contribution is -0.127. The average Bonchev–Trinajstić information content (AvgIpc) is 2.01. The van der Waals surface area contributed by atoms with E-state index in [9.17, 15) is 4.79 Å². The Bertz CT molecular complexity index is 171. The Hall–Kier alpha value is -0.410. The number of Topliss-reactive ketones (excluding diaryl/α,β-unsaturated/α-hetero) is 1. The Kier molecular flexibility index (Phi) is 5.96. The number of carbonyl (C=O) groups excluding carboxylic acids is 1. The summed E-state index contributed by atoms with van der Waals surface area (Å²) in [6, 6.07) is 0. The molecule has 0 heterocycles. The lowest BCUT2D eigenvalue weighted by Crippen LogP contribution is -2.23. The van der Waals surface area contributed by atoms with Gasteiger partial charge in [-0.15, -0.1) is 0 Å². The van der Waals surface area contributed by atoms with Crippen LogP contribution in [0.1, 0.15) is 27.2 Å². The molecule has 0 aliphatic heterocycles. The molecule has 0 aromatic carbocycles. The molecule has 0 saturated heterocycles. The zero-order valence-corrected chi connectivity index (χ0v) is 10.1. The van der Waals surface area contributed by atoms with Crippen molar-refractivity contribution < 1.29 is 9.53 Å². The van der Waals surface area contributed by atoms with Crippen LogP contribution in [-0.4, -0.2) is 44.5 Å². The summed E-state index contributed by atoms with van der Waals surface area (Å²) in [5.41, 5.74) is -0.231. The first-order chi connectivity index (χ1) is 6.34. The maximum Gasteiger partial charge on any atom is 0.140 e. The molecule has 0 saturated carbocycles. The van der Waals surface area contributed by atoms with Crippen LogP contribution in [0.5, 0.6) is 0 Å². The number of hydrogen-bond acceptors (Lipinski definition) is 3. The minimum atomic E-state index is -0.231. The Morgan fingerprint density at radius 3 is 2.21 bits per heavy atom. The topological polar surface area (TPSA) is 29.5 Å². The average molecular weight is 201 g/mol. The third kappa shape index (κ3) is 7.04. The summed E-state index contributed by atoms with van der Waals surface area (Å²) in [7, 11) is 4.01. The Morgan fingerprint density at radius 1 is 1.21 bits per heavy atom. The molecule has 0 unspecified atom stereocenters. The van der Waals surface area contributed by atoms with Crippen LogP contribution in [0.2, 0.25) is 0 Å². The summed E-state index contributed by atoms with van der Waals surface area (Å²) in [6.07, 6.45) is 0.525. The third-order valence-electron chi connectivity index (χ3n) is 1.99. The molecule has 0 bridgehead atoms. The van der Waals surface area contributed by atoms with Crippen molar-refractivity contribution in [3.8, 4) is 0 Å². The van der Waals surface area contributed by atoms with Crippen molar-refractivity contribution in [2.75, 3.05) is 33.9 Å². The fourth-order valence-corrected chi connectivity index (χ4v) is 0.889. The summed E-state index contributed by atoms with van der Waals surface area (Å²) in [5.74, 6) is 0.266. The Labute approximate surface area is 87.4 Å². The molecule has 0 aromatic heterocycles. The van der Waals surface area contributed by atoms with Crippen molar-refractivity contribution in [1.82, 2.24) is 4.90 Å². The van der Waals surface area contributed by atoms with Gasteiger partial charge >= 0.3 is 0 Å². The minimum absolute atomic E-state index is 0.231. The largest absolute Gasteiger partial charge is 0.380 e. The van der Waals surface area contributed by atoms with Gasteiger partial charge in [0.05, 0.1) is 13.2 Å². The number of hydrogen-bond donors (Lipinski definition) is 0. The van der Waals surface area contributed by atoms with Gasteiger partial charge in [0.25, 0.3) is 0 Å². The van der Waals surface area contributed by atoms with E-state index >= 15 is 0 Å². The molecule has 3 nitrogen and oxygen atoms in total. The van der Waals surface area contributed by atoms with Crippen LogP contribution in [0.15, 0.2) is 0 Å². The van der Waals surface area contributed by atoms with Gasteiger partial charge in [-0.2, -0.15) is 0 Å². The van der Waals surface area contributed by atoms with Crippen LogP contribution in [-0.2, 0) is 9.53 Å². The molecule has 14 heavy (non-hydrogen) atoms. The molecular weight excluding hydrogens is 178 g/mol. The van der Waals surface area contributed by atoms with Crippen molar-refractivity contribution in [3.05, 3.63) is 0 Å². The van der Waals surface area contributed by atoms with Gasteiger partial charge in [-0.25, -0.2) is 0 Å². The Morgan fingerprint density at radius 2 is 1.79 bits per heavy atom. The molecule has 0 radical (unpaired) electrons. The first-order valence-electron chi connectivity index (χ1n) is 5.10. The van der Waals surface area contributed by atoms with E-state index in [-0.39, 0.29) is 11.2 Å². The molecule has 84 valence electrons. The van der Waals surface area contributed by atoms with Crippen molar-refractivity contribution in [1.29, 1.82) is 0 Å². The SMILES string of the molecule is CN(C)CCOCCC(=O)C(C)(C)C. The van der Waals surface area contributed by atoms with E-state index in [1.54, 1.807) is 0 Å². The highest BCUT2D eigenvalue weighted by Crippen LogP contribution is 2.16. The van der Waals surface area contributed by atoms with Crippen LogP contribution >= 0.6 is 0 Å². The molecule has 0 aliphatic rings. The summed E-state index contributed by atoms with van der Waals surface area (Å²) >= 11 is 0. The van der Waals surface area contributed by atoms with Gasteiger partial charge in [-0.3, -0.25) is 4.79 Å². The van der Waals surface area contributed by atoms with Gasteiger partial charge in [0.15, 0.2) is 0 Å². The predicted molar refractivity (Wildman–Crippen MR) is 58.5 cm³/mol. The minimum Gasteiger partial charge on any atom is -0.380 e. The van der Waals surface area contributed by atoms with E-state index < -0.39 is 0 Å². The second-order valence-corrected chi connectivity index (χ2v) is 4.84. The van der Waals surface area contributed by atoms with E-state index in [4.69, 9.17) is 4.74 Å². The van der Waals surface area contributed by atoms with Crippen LogP contribution in [0.4, 0.5) is 0 Å². The van der Waals surface area contributed by atoms with Crippen molar-refractivity contribution >= 4 is 5.78 Å². The van der Waals surface area contributed by atoms with Crippen LogP contribution in [0.25, 0.3) is 0 Å².